The number of aliphatic hydroxyl groups excluding tert-OH is 6. The van der Waals surface area contributed by atoms with Gasteiger partial charge in [0.25, 0.3) is 0 Å². The number of benzene rings is 2. The van der Waals surface area contributed by atoms with Crippen molar-refractivity contribution in [3.05, 3.63) is 34.5 Å². The minimum absolute atomic E-state index is 0.0177. The second-order valence-electron chi connectivity index (χ2n) is 9.59. The van der Waals surface area contributed by atoms with Crippen LogP contribution in [0.15, 0.2) is 33.5 Å². The number of rotatable bonds is 8. The summed E-state index contributed by atoms with van der Waals surface area (Å²) in [5.74, 6) is -0.215. The lowest BCUT2D eigenvalue weighted by molar-refractivity contribution is -0.289. The van der Waals surface area contributed by atoms with Crippen molar-refractivity contribution in [1.82, 2.24) is 0 Å². The van der Waals surface area contributed by atoms with E-state index < -0.39 is 74.0 Å². The van der Waals surface area contributed by atoms with E-state index >= 15 is 0 Å². The van der Waals surface area contributed by atoms with Gasteiger partial charge < -0.3 is 68.6 Å². The zero-order chi connectivity index (χ0) is 29.6. The van der Waals surface area contributed by atoms with Gasteiger partial charge in [0.05, 0.1) is 27.4 Å². The Hall–Kier alpha value is -3.25. The van der Waals surface area contributed by atoms with Crippen molar-refractivity contribution in [2.45, 2.75) is 55.3 Å². The van der Waals surface area contributed by atoms with Crippen LogP contribution in [0.2, 0.25) is 0 Å². The van der Waals surface area contributed by atoms with Crippen LogP contribution >= 0.6 is 0 Å². The molecular formula is C26H30O15. The van der Waals surface area contributed by atoms with Gasteiger partial charge in [-0.3, -0.25) is 4.79 Å². The van der Waals surface area contributed by atoms with E-state index in [4.69, 9.17) is 32.8 Å². The lowest BCUT2D eigenvalue weighted by atomic mass is 9.99. The van der Waals surface area contributed by atoms with Gasteiger partial charge in [0, 0.05) is 12.1 Å². The van der Waals surface area contributed by atoms with Crippen molar-refractivity contribution in [1.29, 1.82) is 0 Å². The van der Waals surface area contributed by atoms with Gasteiger partial charge in [0.1, 0.15) is 76.3 Å². The predicted octanol–water partition coefficient (Wildman–Crippen LogP) is -1.69. The molecule has 2 aromatic carbocycles. The number of hydrogen-bond donors (Lipinski definition) is 7. The molecule has 41 heavy (non-hydrogen) atoms. The monoisotopic (exact) mass is 582 g/mol. The van der Waals surface area contributed by atoms with E-state index in [2.05, 4.69) is 0 Å². The zero-order valence-corrected chi connectivity index (χ0v) is 21.8. The summed E-state index contributed by atoms with van der Waals surface area (Å²) < 4.78 is 38.6. The van der Waals surface area contributed by atoms with Gasteiger partial charge in [0.2, 0.25) is 11.7 Å². The van der Waals surface area contributed by atoms with E-state index in [1.807, 2.05) is 0 Å². The van der Waals surface area contributed by atoms with Gasteiger partial charge in [-0.2, -0.15) is 0 Å². The zero-order valence-electron chi connectivity index (χ0n) is 21.8. The van der Waals surface area contributed by atoms with Crippen molar-refractivity contribution >= 4 is 21.9 Å². The Balaban J connectivity index is 1.47. The van der Waals surface area contributed by atoms with Crippen LogP contribution in [0.1, 0.15) is 0 Å². The molecule has 15 heteroatoms. The Kier molecular flexibility index (Phi) is 8.24. The number of ether oxygens (including phenoxy) is 6. The smallest absolute Gasteiger partial charge is 0.229 e. The first-order valence-electron chi connectivity index (χ1n) is 12.5. The van der Waals surface area contributed by atoms with Crippen LogP contribution < -0.4 is 19.6 Å². The molecule has 2 saturated heterocycles. The third-order valence-electron chi connectivity index (χ3n) is 7.10. The maximum atomic E-state index is 13.6. The molecule has 3 heterocycles. The van der Waals surface area contributed by atoms with Gasteiger partial charge >= 0.3 is 0 Å². The first-order chi connectivity index (χ1) is 19.6. The average molecular weight is 583 g/mol. The third-order valence-corrected chi connectivity index (χ3v) is 7.10. The second-order valence-corrected chi connectivity index (χ2v) is 9.59. The van der Waals surface area contributed by atoms with Gasteiger partial charge in [-0.1, -0.05) is 0 Å². The summed E-state index contributed by atoms with van der Waals surface area (Å²) in [4.78, 5) is 13.6. The van der Waals surface area contributed by atoms with E-state index in [1.165, 1.54) is 38.5 Å². The molecule has 0 amide bonds. The van der Waals surface area contributed by atoms with Gasteiger partial charge in [-0.05, 0) is 12.1 Å². The van der Waals surface area contributed by atoms with E-state index in [9.17, 15) is 40.5 Å². The lowest BCUT2D eigenvalue weighted by Crippen LogP contribution is -2.60. The highest BCUT2D eigenvalue weighted by atomic mass is 16.7. The number of phenolic OH excluding ortho intramolecular Hbond substituents is 1. The Morgan fingerprint density at radius 1 is 0.805 bits per heavy atom. The molecule has 15 nitrogen and oxygen atoms in total. The Morgan fingerprint density at radius 2 is 1.49 bits per heavy atom. The van der Waals surface area contributed by atoms with Gasteiger partial charge in [-0.25, -0.2) is 0 Å². The minimum atomic E-state index is -1.81. The van der Waals surface area contributed by atoms with E-state index in [0.29, 0.717) is 0 Å². The standard InChI is InChI=1S/C26H30O15/c1-35-9-5-12-17(20(31)16-10(28)3-4-11(36-2)24(16)38-12)13(6-9)39-26-23(34)21(32)19(30)15(41-26)8-37-25-22(33)18(29)14(7-27)40-25/h3-6,14-15,18-19,21-23,25-30,32-34H,7-8H2,1-2H3/t14-,15+,18-,19+,21-,22+,23+,25+,26+/m0/s1. The topological polar surface area (TPSA) is 227 Å². The normalized spacial score (nSPS) is 32.0. The highest BCUT2D eigenvalue weighted by Crippen LogP contribution is 2.38. The fraction of sp³-hybridized carbons (Fsp3) is 0.500. The Labute approximate surface area is 231 Å². The van der Waals surface area contributed by atoms with Crippen molar-refractivity contribution in [2.75, 3.05) is 27.4 Å². The molecule has 0 spiro atoms. The Bertz CT molecular complexity index is 1460. The van der Waals surface area contributed by atoms with Crippen molar-refractivity contribution in [2.24, 2.45) is 0 Å². The first kappa shape index (κ1) is 29.2. The van der Waals surface area contributed by atoms with Crippen LogP contribution in [-0.4, -0.2) is 118 Å². The third kappa shape index (κ3) is 5.16. The molecule has 2 fully saturated rings. The molecular weight excluding hydrogens is 552 g/mol. The van der Waals surface area contributed by atoms with Crippen LogP contribution in [0.5, 0.6) is 23.0 Å². The predicted molar refractivity (Wildman–Crippen MR) is 136 cm³/mol. The maximum absolute atomic E-state index is 13.6. The summed E-state index contributed by atoms with van der Waals surface area (Å²) >= 11 is 0. The number of phenols is 1. The van der Waals surface area contributed by atoms with Gasteiger partial charge in [-0.15, -0.1) is 0 Å². The fourth-order valence-corrected chi connectivity index (χ4v) is 4.82. The molecule has 5 rings (SSSR count). The van der Waals surface area contributed by atoms with Crippen LogP contribution in [0, 0.1) is 0 Å². The number of methoxy groups -OCH3 is 2. The van der Waals surface area contributed by atoms with Gasteiger partial charge in [0.15, 0.2) is 17.6 Å². The van der Waals surface area contributed by atoms with Crippen LogP contribution in [0.25, 0.3) is 21.9 Å². The molecule has 0 unspecified atom stereocenters. The number of hydrogen-bond acceptors (Lipinski definition) is 15. The lowest BCUT2D eigenvalue weighted by Gasteiger charge is -2.40. The summed E-state index contributed by atoms with van der Waals surface area (Å²) in [7, 11) is 2.72. The first-order valence-corrected chi connectivity index (χ1v) is 12.5. The largest absolute Gasteiger partial charge is 0.507 e. The molecule has 224 valence electrons. The molecule has 3 aromatic rings. The molecule has 0 saturated carbocycles. The summed E-state index contributed by atoms with van der Waals surface area (Å²) in [6.07, 6.45) is -13.7. The molecule has 7 N–H and O–H groups in total. The van der Waals surface area contributed by atoms with E-state index in [0.717, 1.165) is 0 Å². The average Bonchev–Trinajstić information content (AvgIpc) is 3.24. The molecule has 2 aliphatic rings. The molecule has 0 bridgehead atoms. The minimum Gasteiger partial charge on any atom is -0.507 e. The second kappa shape index (κ2) is 11.6. The number of fused-ring (bicyclic) bond motifs is 2. The molecule has 0 radical (unpaired) electrons. The maximum Gasteiger partial charge on any atom is 0.229 e. The van der Waals surface area contributed by atoms with Crippen LogP contribution in [-0.2, 0) is 14.2 Å². The Morgan fingerprint density at radius 3 is 2.15 bits per heavy atom. The summed E-state index contributed by atoms with van der Waals surface area (Å²) in [6, 6.07) is 5.39. The highest BCUT2D eigenvalue weighted by molar-refractivity contribution is 5.98. The number of aromatic hydroxyl groups is 1. The summed E-state index contributed by atoms with van der Waals surface area (Å²) in [6.45, 7) is -1.08. The van der Waals surface area contributed by atoms with Crippen molar-refractivity contribution < 1.29 is 68.6 Å². The quantitative estimate of drug-likeness (QED) is 0.147. The molecule has 9 atom stereocenters. The summed E-state index contributed by atoms with van der Waals surface area (Å²) in [5, 5.41) is 71.0. The summed E-state index contributed by atoms with van der Waals surface area (Å²) in [5.41, 5.74) is -0.750. The van der Waals surface area contributed by atoms with Crippen LogP contribution in [0.3, 0.4) is 0 Å². The van der Waals surface area contributed by atoms with Crippen molar-refractivity contribution in [3.8, 4) is 23.0 Å². The molecule has 2 aliphatic heterocycles. The number of aliphatic hydroxyl groups is 6. The SMILES string of the molecule is COc1cc(O[C@@H]2O[C@H](CO[C@@H]3O[C@@H](CO)[C@H](O)[C@H]3O)[C@@H](O)[C@H](O)[C@H]2O)c2c(=O)c3c(O)ccc(OC)c3oc2c1. The van der Waals surface area contributed by atoms with Crippen molar-refractivity contribution in [3.63, 3.8) is 0 Å². The molecule has 0 aliphatic carbocycles. The van der Waals surface area contributed by atoms with Crippen LogP contribution in [0.4, 0.5) is 0 Å². The highest BCUT2D eigenvalue weighted by Gasteiger charge is 2.47. The van der Waals surface area contributed by atoms with E-state index in [-0.39, 0.29) is 44.9 Å². The molecule has 1 aromatic heterocycles. The fourth-order valence-electron chi connectivity index (χ4n) is 4.82. The van der Waals surface area contributed by atoms with E-state index in [1.54, 1.807) is 0 Å².